The topological polar surface area (TPSA) is 69.4 Å². The number of aromatic nitrogens is 1. The molecule has 0 aliphatic carbocycles. The predicted molar refractivity (Wildman–Crippen MR) is 89.6 cm³/mol. The maximum atomic E-state index is 11.8. The molecule has 6 heteroatoms. The molecular weight excluding hydrogens is 326 g/mol. The molecule has 0 bridgehead atoms. The van der Waals surface area contributed by atoms with E-state index in [1.54, 1.807) is 12.1 Å². The van der Waals surface area contributed by atoms with Gasteiger partial charge >= 0.3 is 5.97 Å². The summed E-state index contributed by atoms with van der Waals surface area (Å²) in [7, 11) is 0. The second-order valence-corrected chi connectivity index (χ2v) is 6.06. The number of ketones is 1. The highest BCUT2D eigenvalue weighted by Gasteiger charge is 2.12. The molecule has 0 atom stereocenters. The fraction of sp³-hybridized carbons (Fsp3) is 0.167. The van der Waals surface area contributed by atoms with Crippen molar-refractivity contribution >= 4 is 23.1 Å². The van der Waals surface area contributed by atoms with Gasteiger partial charge in [0.1, 0.15) is 12.3 Å². The molecule has 0 radical (unpaired) electrons. The molecule has 0 amide bonds. The highest BCUT2D eigenvalue weighted by Crippen LogP contribution is 2.20. The largest absolute Gasteiger partial charge is 0.459 e. The third-order valence-corrected chi connectivity index (χ3v) is 4.26. The molecule has 2 heterocycles. The molecule has 0 saturated heterocycles. The summed E-state index contributed by atoms with van der Waals surface area (Å²) < 4.78 is 10.4. The molecule has 0 N–H and O–H groups in total. The lowest BCUT2D eigenvalue weighted by Crippen LogP contribution is -2.07. The van der Waals surface area contributed by atoms with E-state index in [1.165, 1.54) is 11.3 Å². The summed E-state index contributed by atoms with van der Waals surface area (Å²) in [4.78, 5) is 24.2. The van der Waals surface area contributed by atoms with Crippen LogP contribution in [0.2, 0.25) is 0 Å². The van der Waals surface area contributed by atoms with Crippen LogP contribution in [-0.4, -0.2) is 16.9 Å². The smallest absolute Gasteiger partial charge is 0.306 e. The van der Waals surface area contributed by atoms with Gasteiger partial charge < -0.3 is 9.26 Å². The SMILES string of the molecule is O=C(CCC(=O)c1cccs1)OCc1cc(-c2ccccc2)on1. The minimum Gasteiger partial charge on any atom is -0.459 e. The Balaban J connectivity index is 1.46. The molecule has 24 heavy (non-hydrogen) atoms. The Morgan fingerprint density at radius 3 is 2.67 bits per heavy atom. The Morgan fingerprint density at radius 2 is 1.92 bits per heavy atom. The van der Waals surface area contributed by atoms with Crippen molar-refractivity contribution in [1.29, 1.82) is 0 Å². The molecule has 3 rings (SSSR count). The Hall–Kier alpha value is -2.73. The van der Waals surface area contributed by atoms with Crippen molar-refractivity contribution < 1.29 is 18.8 Å². The highest BCUT2D eigenvalue weighted by atomic mass is 32.1. The number of thiophene rings is 1. The van der Waals surface area contributed by atoms with Crippen molar-refractivity contribution in [3.05, 3.63) is 64.5 Å². The molecule has 0 aliphatic rings. The van der Waals surface area contributed by atoms with E-state index in [2.05, 4.69) is 5.16 Å². The van der Waals surface area contributed by atoms with Gasteiger partial charge in [0.15, 0.2) is 11.5 Å². The van der Waals surface area contributed by atoms with Crippen molar-refractivity contribution in [2.45, 2.75) is 19.4 Å². The molecule has 0 aliphatic heterocycles. The predicted octanol–water partition coefficient (Wildman–Crippen LogP) is 4.11. The number of esters is 1. The minimum atomic E-state index is -0.427. The number of carbonyl (C=O) groups is 2. The quantitative estimate of drug-likeness (QED) is 0.478. The molecule has 2 aromatic heterocycles. The number of hydrogen-bond acceptors (Lipinski definition) is 6. The third kappa shape index (κ3) is 4.17. The average molecular weight is 341 g/mol. The first-order valence-corrected chi connectivity index (χ1v) is 8.33. The second kappa shape index (κ2) is 7.70. The molecule has 3 aromatic rings. The van der Waals surface area contributed by atoms with Crippen molar-refractivity contribution in [3.8, 4) is 11.3 Å². The summed E-state index contributed by atoms with van der Waals surface area (Å²) in [5.41, 5.74) is 1.44. The number of hydrogen-bond donors (Lipinski definition) is 0. The number of carbonyl (C=O) groups excluding carboxylic acids is 2. The van der Waals surface area contributed by atoms with E-state index in [0.29, 0.717) is 16.3 Å². The van der Waals surface area contributed by atoms with Gasteiger partial charge in [-0.2, -0.15) is 0 Å². The van der Waals surface area contributed by atoms with E-state index in [9.17, 15) is 9.59 Å². The first-order valence-electron chi connectivity index (χ1n) is 7.46. The third-order valence-electron chi connectivity index (χ3n) is 3.35. The number of ether oxygens (including phenoxy) is 1. The molecule has 0 saturated carbocycles. The normalized spacial score (nSPS) is 10.5. The van der Waals surface area contributed by atoms with Gasteiger partial charge in [-0.25, -0.2) is 0 Å². The lowest BCUT2D eigenvalue weighted by atomic mass is 10.2. The van der Waals surface area contributed by atoms with Crippen molar-refractivity contribution in [2.75, 3.05) is 0 Å². The van der Waals surface area contributed by atoms with Gasteiger partial charge in [-0.1, -0.05) is 41.6 Å². The van der Waals surface area contributed by atoms with E-state index in [1.807, 2.05) is 41.8 Å². The Labute approximate surface area is 142 Å². The van der Waals surface area contributed by atoms with Crippen molar-refractivity contribution in [1.82, 2.24) is 5.16 Å². The number of Topliss-reactive ketones (excluding diaryl/α,β-unsaturated/α-hetero) is 1. The monoisotopic (exact) mass is 341 g/mol. The first-order chi connectivity index (χ1) is 11.7. The molecule has 5 nitrogen and oxygen atoms in total. The summed E-state index contributed by atoms with van der Waals surface area (Å²) in [5.74, 6) is 0.147. The number of nitrogens with zero attached hydrogens (tertiary/aromatic N) is 1. The van der Waals surface area contributed by atoms with Crippen LogP contribution in [0.25, 0.3) is 11.3 Å². The van der Waals surface area contributed by atoms with E-state index >= 15 is 0 Å². The molecular formula is C18H15NO4S. The van der Waals surface area contributed by atoms with Gasteiger partial charge in [-0.3, -0.25) is 9.59 Å². The van der Waals surface area contributed by atoms with Crippen LogP contribution >= 0.6 is 11.3 Å². The van der Waals surface area contributed by atoms with Crippen LogP contribution in [-0.2, 0) is 16.1 Å². The summed E-state index contributed by atoms with van der Waals surface area (Å²) in [6.45, 7) is 0.0301. The zero-order chi connectivity index (χ0) is 16.8. The van der Waals surface area contributed by atoms with Gasteiger partial charge in [0.25, 0.3) is 0 Å². The van der Waals surface area contributed by atoms with Crippen LogP contribution in [0.5, 0.6) is 0 Å². The lowest BCUT2D eigenvalue weighted by Gasteiger charge is -2.01. The first kappa shape index (κ1) is 16.1. The van der Waals surface area contributed by atoms with Gasteiger partial charge in [0, 0.05) is 18.1 Å². The summed E-state index contributed by atoms with van der Waals surface area (Å²) in [6, 6.07) is 14.8. The zero-order valence-electron chi connectivity index (χ0n) is 12.8. The Kier molecular flexibility index (Phi) is 5.18. The van der Waals surface area contributed by atoms with Crippen LogP contribution in [0.4, 0.5) is 0 Å². The van der Waals surface area contributed by atoms with E-state index in [0.717, 1.165) is 5.56 Å². The van der Waals surface area contributed by atoms with Gasteiger partial charge in [0.2, 0.25) is 0 Å². The number of benzene rings is 1. The minimum absolute atomic E-state index is 0.0301. The van der Waals surface area contributed by atoms with E-state index < -0.39 is 5.97 Å². The van der Waals surface area contributed by atoms with Crippen molar-refractivity contribution in [3.63, 3.8) is 0 Å². The Bertz CT molecular complexity index is 809. The maximum Gasteiger partial charge on any atom is 0.306 e. The highest BCUT2D eigenvalue weighted by molar-refractivity contribution is 7.12. The summed E-state index contributed by atoms with van der Waals surface area (Å²) in [5, 5.41) is 5.72. The molecule has 122 valence electrons. The van der Waals surface area contributed by atoms with E-state index in [4.69, 9.17) is 9.26 Å². The molecule has 0 spiro atoms. The van der Waals surface area contributed by atoms with Gasteiger partial charge in [-0.15, -0.1) is 11.3 Å². The fourth-order valence-corrected chi connectivity index (χ4v) is 2.82. The van der Waals surface area contributed by atoms with Gasteiger partial charge in [-0.05, 0) is 11.4 Å². The second-order valence-electron chi connectivity index (χ2n) is 5.11. The Morgan fingerprint density at radius 1 is 1.08 bits per heavy atom. The standard InChI is InChI=1S/C18H15NO4S/c20-15(17-7-4-10-24-17)8-9-18(21)22-12-14-11-16(23-19-14)13-5-2-1-3-6-13/h1-7,10-11H,8-9,12H2. The summed E-state index contributed by atoms with van der Waals surface area (Å²) >= 11 is 1.37. The zero-order valence-corrected chi connectivity index (χ0v) is 13.6. The van der Waals surface area contributed by atoms with E-state index in [-0.39, 0.29) is 25.2 Å². The average Bonchev–Trinajstić information content (AvgIpc) is 3.30. The van der Waals surface area contributed by atoms with Gasteiger partial charge in [0.05, 0.1) is 11.3 Å². The lowest BCUT2D eigenvalue weighted by molar-refractivity contribution is -0.145. The number of rotatable bonds is 7. The molecule has 0 unspecified atom stereocenters. The maximum absolute atomic E-state index is 11.8. The summed E-state index contributed by atoms with van der Waals surface area (Å²) in [6.07, 6.45) is 0.202. The van der Waals surface area contributed by atoms with Crippen molar-refractivity contribution in [2.24, 2.45) is 0 Å². The van der Waals surface area contributed by atoms with Crippen LogP contribution in [0, 0.1) is 0 Å². The van der Waals surface area contributed by atoms with Crippen LogP contribution in [0.1, 0.15) is 28.2 Å². The molecule has 1 aromatic carbocycles. The van der Waals surface area contributed by atoms with Crippen LogP contribution in [0.15, 0.2) is 58.4 Å². The van der Waals surface area contributed by atoms with Crippen LogP contribution < -0.4 is 0 Å². The van der Waals surface area contributed by atoms with Crippen LogP contribution in [0.3, 0.4) is 0 Å². The molecule has 0 fully saturated rings. The fourth-order valence-electron chi connectivity index (χ4n) is 2.12.